The first-order chi connectivity index (χ1) is 12.6. The summed E-state index contributed by atoms with van der Waals surface area (Å²) >= 11 is 0. The van der Waals surface area contributed by atoms with Gasteiger partial charge in [-0.25, -0.2) is 8.78 Å². The lowest BCUT2D eigenvalue weighted by Gasteiger charge is -2.20. The predicted octanol–water partition coefficient (Wildman–Crippen LogP) is 4.49. The number of carbonyl (C=O) groups excluding carboxylic acids is 1. The van der Waals surface area contributed by atoms with E-state index in [4.69, 9.17) is 4.74 Å². The predicted molar refractivity (Wildman–Crippen MR) is 95.1 cm³/mol. The molecule has 0 radical (unpaired) electrons. The fourth-order valence-electron chi connectivity index (χ4n) is 2.68. The molecule has 1 atom stereocenters. The van der Waals surface area contributed by atoms with Gasteiger partial charge < -0.3 is 10.1 Å². The SMILES string of the molecule is COc1ccc(C(NC(=O)c2cc(F)ccc2F)c2ccccc2)cc1. The van der Waals surface area contributed by atoms with Crippen LogP contribution < -0.4 is 10.1 Å². The number of methoxy groups -OCH3 is 1. The molecule has 1 unspecified atom stereocenters. The second kappa shape index (κ2) is 7.78. The van der Waals surface area contributed by atoms with E-state index in [0.29, 0.717) is 5.75 Å². The van der Waals surface area contributed by atoms with Crippen molar-refractivity contribution in [1.29, 1.82) is 0 Å². The van der Waals surface area contributed by atoms with E-state index in [2.05, 4.69) is 5.32 Å². The van der Waals surface area contributed by atoms with Gasteiger partial charge in [-0.2, -0.15) is 0 Å². The number of nitrogens with one attached hydrogen (secondary N) is 1. The second-order valence-electron chi connectivity index (χ2n) is 5.71. The van der Waals surface area contributed by atoms with Gasteiger partial charge in [0.2, 0.25) is 0 Å². The topological polar surface area (TPSA) is 38.3 Å². The van der Waals surface area contributed by atoms with Crippen LogP contribution in [0.1, 0.15) is 27.5 Å². The summed E-state index contributed by atoms with van der Waals surface area (Å²) < 4.78 is 32.5. The molecule has 132 valence electrons. The third-order valence-corrected chi connectivity index (χ3v) is 4.03. The maximum absolute atomic E-state index is 13.9. The first-order valence-corrected chi connectivity index (χ1v) is 8.03. The molecule has 3 rings (SSSR count). The molecule has 0 aliphatic heterocycles. The Labute approximate surface area is 150 Å². The smallest absolute Gasteiger partial charge is 0.255 e. The van der Waals surface area contributed by atoms with E-state index in [-0.39, 0.29) is 5.56 Å². The van der Waals surface area contributed by atoms with Gasteiger partial charge >= 0.3 is 0 Å². The van der Waals surface area contributed by atoms with Gasteiger partial charge in [-0.1, -0.05) is 42.5 Å². The van der Waals surface area contributed by atoms with Crippen molar-refractivity contribution in [2.75, 3.05) is 7.11 Å². The first-order valence-electron chi connectivity index (χ1n) is 8.03. The summed E-state index contributed by atoms with van der Waals surface area (Å²) in [5.74, 6) is -1.45. The van der Waals surface area contributed by atoms with Crippen molar-refractivity contribution in [2.24, 2.45) is 0 Å². The maximum Gasteiger partial charge on any atom is 0.255 e. The van der Waals surface area contributed by atoms with E-state index in [1.165, 1.54) is 0 Å². The summed E-state index contributed by atoms with van der Waals surface area (Å²) in [5.41, 5.74) is 1.28. The fourth-order valence-corrected chi connectivity index (χ4v) is 2.68. The lowest BCUT2D eigenvalue weighted by Crippen LogP contribution is -2.30. The largest absolute Gasteiger partial charge is 0.497 e. The number of ether oxygens (including phenoxy) is 1. The van der Waals surface area contributed by atoms with Crippen molar-refractivity contribution in [2.45, 2.75) is 6.04 Å². The van der Waals surface area contributed by atoms with E-state index in [1.807, 2.05) is 42.5 Å². The van der Waals surface area contributed by atoms with E-state index in [0.717, 1.165) is 29.3 Å². The lowest BCUT2D eigenvalue weighted by atomic mass is 9.98. The molecule has 0 saturated carbocycles. The van der Waals surface area contributed by atoms with E-state index in [9.17, 15) is 13.6 Å². The highest BCUT2D eigenvalue weighted by Gasteiger charge is 2.20. The van der Waals surface area contributed by atoms with Gasteiger partial charge in [0.15, 0.2) is 0 Å². The zero-order chi connectivity index (χ0) is 18.5. The van der Waals surface area contributed by atoms with Gasteiger partial charge in [0.25, 0.3) is 5.91 Å². The molecule has 0 spiro atoms. The highest BCUT2D eigenvalue weighted by Crippen LogP contribution is 2.25. The third kappa shape index (κ3) is 3.88. The highest BCUT2D eigenvalue weighted by atomic mass is 19.1. The Bertz CT molecular complexity index is 896. The van der Waals surface area contributed by atoms with Crippen LogP contribution in [-0.2, 0) is 0 Å². The van der Waals surface area contributed by atoms with Crippen molar-refractivity contribution in [3.05, 3.63) is 101 Å². The van der Waals surface area contributed by atoms with Crippen LogP contribution in [0.15, 0.2) is 72.8 Å². The minimum absolute atomic E-state index is 0.334. The van der Waals surface area contributed by atoms with Crippen LogP contribution in [0, 0.1) is 11.6 Å². The average Bonchev–Trinajstić information content (AvgIpc) is 2.68. The molecular formula is C21H17F2NO2. The molecule has 3 aromatic carbocycles. The van der Waals surface area contributed by atoms with Crippen LogP contribution >= 0.6 is 0 Å². The summed E-state index contributed by atoms with van der Waals surface area (Å²) in [7, 11) is 1.57. The van der Waals surface area contributed by atoms with Crippen LogP contribution in [0.2, 0.25) is 0 Å². The molecule has 3 aromatic rings. The molecule has 0 aliphatic carbocycles. The number of halogens is 2. The molecule has 1 amide bonds. The molecule has 0 aromatic heterocycles. The number of hydrogen-bond donors (Lipinski definition) is 1. The van der Waals surface area contributed by atoms with E-state index < -0.39 is 23.6 Å². The summed E-state index contributed by atoms with van der Waals surface area (Å²) in [6.07, 6.45) is 0. The van der Waals surface area contributed by atoms with Crippen molar-refractivity contribution in [1.82, 2.24) is 5.32 Å². The van der Waals surface area contributed by atoms with Crippen molar-refractivity contribution < 1.29 is 18.3 Å². The van der Waals surface area contributed by atoms with Crippen molar-refractivity contribution in [3.8, 4) is 5.75 Å². The molecule has 0 fully saturated rings. The maximum atomic E-state index is 13.9. The molecule has 26 heavy (non-hydrogen) atoms. The minimum atomic E-state index is -0.773. The van der Waals surface area contributed by atoms with Crippen LogP contribution in [-0.4, -0.2) is 13.0 Å². The number of amides is 1. The number of hydrogen-bond acceptors (Lipinski definition) is 2. The molecule has 3 nitrogen and oxygen atoms in total. The van der Waals surface area contributed by atoms with Gasteiger partial charge in [-0.15, -0.1) is 0 Å². The van der Waals surface area contributed by atoms with E-state index >= 15 is 0 Å². The molecular weight excluding hydrogens is 336 g/mol. The Morgan fingerprint density at radius 3 is 2.23 bits per heavy atom. The normalized spacial score (nSPS) is 11.7. The van der Waals surface area contributed by atoms with Gasteiger partial charge in [0, 0.05) is 0 Å². The second-order valence-corrected chi connectivity index (χ2v) is 5.71. The third-order valence-electron chi connectivity index (χ3n) is 4.03. The molecule has 0 saturated heterocycles. The number of benzene rings is 3. The summed E-state index contributed by atoms with van der Waals surface area (Å²) in [6, 6.07) is 18.8. The van der Waals surface area contributed by atoms with Crippen molar-refractivity contribution >= 4 is 5.91 Å². The fraction of sp³-hybridized carbons (Fsp3) is 0.0952. The Kier molecular flexibility index (Phi) is 5.27. The van der Waals surface area contributed by atoms with E-state index in [1.54, 1.807) is 19.2 Å². The van der Waals surface area contributed by atoms with Crippen LogP contribution in [0.3, 0.4) is 0 Å². The zero-order valence-electron chi connectivity index (χ0n) is 14.1. The number of rotatable bonds is 5. The lowest BCUT2D eigenvalue weighted by molar-refractivity contribution is 0.0938. The van der Waals surface area contributed by atoms with Crippen molar-refractivity contribution in [3.63, 3.8) is 0 Å². The molecule has 0 aliphatic rings. The average molecular weight is 353 g/mol. The molecule has 0 heterocycles. The van der Waals surface area contributed by atoms with Gasteiger partial charge in [-0.05, 0) is 41.5 Å². The summed E-state index contributed by atoms with van der Waals surface area (Å²) in [4.78, 5) is 12.6. The number of carbonyl (C=O) groups is 1. The first kappa shape index (κ1) is 17.6. The highest BCUT2D eigenvalue weighted by molar-refractivity contribution is 5.95. The van der Waals surface area contributed by atoms with Gasteiger partial charge in [-0.3, -0.25) is 4.79 Å². The molecule has 0 bridgehead atoms. The Morgan fingerprint density at radius 1 is 0.923 bits per heavy atom. The van der Waals surface area contributed by atoms with Gasteiger partial charge in [0.05, 0.1) is 18.7 Å². The van der Waals surface area contributed by atoms with Crippen LogP contribution in [0.25, 0.3) is 0 Å². The molecule has 5 heteroatoms. The Balaban J connectivity index is 1.95. The summed E-state index contributed by atoms with van der Waals surface area (Å²) in [5, 5.41) is 2.78. The quantitative estimate of drug-likeness (QED) is 0.734. The Morgan fingerprint density at radius 2 is 1.58 bits per heavy atom. The van der Waals surface area contributed by atoms with Crippen LogP contribution in [0.4, 0.5) is 8.78 Å². The molecule has 1 N–H and O–H groups in total. The standard InChI is InChI=1S/C21H17F2NO2/c1-26-17-10-7-15(8-11-17)20(14-5-3-2-4-6-14)24-21(25)18-13-16(22)9-12-19(18)23/h2-13,20H,1H3,(H,24,25). The summed E-state index contributed by atoms with van der Waals surface area (Å²) in [6.45, 7) is 0. The zero-order valence-corrected chi connectivity index (χ0v) is 14.1. The van der Waals surface area contributed by atoms with Crippen LogP contribution in [0.5, 0.6) is 5.75 Å². The van der Waals surface area contributed by atoms with Gasteiger partial charge in [0.1, 0.15) is 17.4 Å². The Hall–Kier alpha value is -3.21. The monoisotopic (exact) mass is 353 g/mol. The minimum Gasteiger partial charge on any atom is -0.497 e.